The van der Waals surface area contributed by atoms with Gasteiger partial charge in [-0.1, -0.05) is 11.8 Å². The van der Waals surface area contributed by atoms with Gasteiger partial charge < -0.3 is 24.9 Å². The van der Waals surface area contributed by atoms with Crippen molar-refractivity contribution in [2.75, 3.05) is 44.7 Å². The fourth-order valence-corrected chi connectivity index (χ4v) is 3.53. The van der Waals surface area contributed by atoms with Gasteiger partial charge in [0.15, 0.2) is 5.76 Å². The van der Waals surface area contributed by atoms with Gasteiger partial charge in [0, 0.05) is 54.6 Å². The quantitative estimate of drug-likeness (QED) is 0.453. The number of aromatic hydroxyl groups is 1. The summed E-state index contributed by atoms with van der Waals surface area (Å²) in [6.07, 6.45) is 1.25. The van der Waals surface area contributed by atoms with Crippen molar-refractivity contribution < 1.29 is 19.1 Å². The van der Waals surface area contributed by atoms with Crippen molar-refractivity contribution in [1.29, 1.82) is 0 Å². The number of benzene rings is 2. The molecule has 8 nitrogen and oxygen atoms in total. The summed E-state index contributed by atoms with van der Waals surface area (Å²) < 4.78 is 10.5. The van der Waals surface area contributed by atoms with E-state index in [2.05, 4.69) is 27.4 Å². The Labute approximate surface area is 203 Å². The zero-order valence-corrected chi connectivity index (χ0v) is 19.3. The van der Waals surface area contributed by atoms with E-state index in [4.69, 9.17) is 9.15 Å². The van der Waals surface area contributed by atoms with Crippen molar-refractivity contribution in [1.82, 2.24) is 10.2 Å². The SMILES string of the molecule is O=C(NCCN1CCOCC1)c1ccc(C#Cc2ccc(NCc3occc(=O)c3O)cc2)cc1. The summed E-state index contributed by atoms with van der Waals surface area (Å²) in [6.45, 7) is 4.90. The highest BCUT2D eigenvalue weighted by molar-refractivity contribution is 5.94. The number of nitrogens with zero attached hydrogens (tertiary/aromatic N) is 1. The Bertz CT molecular complexity index is 1250. The summed E-state index contributed by atoms with van der Waals surface area (Å²) >= 11 is 0. The lowest BCUT2D eigenvalue weighted by Crippen LogP contribution is -2.41. The first-order valence-electron chi connectivity index (χ1n) is 11.4. The monoisotopic (exact) mass is 473 g/mol. The lowest BCUT2D eigenvalue weighted by molar-refractivity contribution is 0.0383. The number of hydrogen-bond acceptors (Lipinski definition) is 7. The molecule has 4 rings (SSSR count). The zero-order valence-electron chi connectivity index (χ0n) is 19.3. The maximum Gasteiger partial charge on any atom is 0.251 e. The number of anilines is 1. The molecule has 8 heteroatoms. The zero-order chi connectivity index (χ0) is 24.5. The minimum absolute atomic E-state index is 0.0936. The third-order valence-electron chi connectivity index (χ3n) is 5.58. The maximum atomic E-state index is 12.4. The number of morpholine rings is 1. The van der Waals surface area contributed by atoms with Gasteiger partial charge in [-0.05, 0) is 48.5 Å². The molecule has 0 saturated carbocycles. The molecule has 1 fully saturated rings. The lowest BCUT2D eigenvalue weighted by Gasteiger charge is -2.26. The highest BCUT2D eigenvalue weighted by Gasteiger charge is 2.11. The second kappa shape index (κ2) is 11.9. The average molecular weight is 474 g/mol. The van der Waals surface area contributed by atoms with Gasteiger partial charge in [0.2, 0.25) is 11.2 Å². The molecule has 1 amide bonds. The number of rotatable bonds is 7. The largest absolute Gasteiger partial charge is 0.502 e. The van der Waals surface area contributed by atoms with E-state index in [0.29, 0.717) is 12.1 Å². The van der Waals surface area contributed by atoms with Gasteiger partial charge in [0.1, 0.15) is 0 Å². The molecule has 0 radical (unpaired) electrons. The third-order valence-corrected chi connectivity index (χ3v) is 5.58. The molecule has 0 spiro atoms. The minimum atomic E-state index is -0.476. The van der Waals surface area contributed by atoms with Gasteiger partial charge in [-0.3, -0.25) is 14.5 Å². The summed E-state index contributed by atoms with van der Waals surface area (Å²) in [5.41, 5.74) is 2.57. The van der Waals surface area contributed by atoms with Crippen LogP contribution in [0.4, 0.5) is 5.69 Å². The molecule has 3 N–H and O–H groups in total. The van der Waals surface area contributed by atoms with Gasteiger partial charge in [0.25, 0.3) is 5.91 Å². The Balaban J connectivity index is 1.26. The molecule has 180 valence electrons. The standard InChI is InChI=1S/C27H27N3O5/c31-24-11-16-35-25(26(24)32)19-29-23-9-5-21(6-10-23)2-1-20-3-7-22(8-4-20)27(33)28-12-13-30-14-17-34-18-15-30/h3-11,16,29,32H,12-15,17-19H2,(H,28,33). The van der Waals surface area contributed by atoms with Crippen LogP contribution in [-0.4, -0.2) is 55.3 Å². The van der Waals surface area contributed by atoms with Gasteiger partial charge in [-0.2, -0.15) is 0 Å². The Morgan fingerprint density at radius 1 is 0.971 bits per heavy atom. The number of carbonyl (C=O) groups excluding carboxylic acids is 1. The average Bonchev–Trinajstić information content (AvgIpc) is 2.90. The van der Waals surface area contributed by atoms with Gasteiger partial charge in [0.05, 0.1) is 26.0 Å². The van der Waals surface area contributed by atoms with Gasteiger partial charge in [-0.15, -0.1) is 0 Å². The first kappa shape index (κ1) is 24.1. The van der Waals surface area contributed by atoms with E-state index in [-0.39, 0.29) is 24.0 Å². The first-order chi connectivity index (χ1) is 17.1. The van der Waals surface area contributed by atoms with Crippen molar-refractivity contribution in [3.63, 3.8) is 0 Å². The Morgan fingerprint density at radius 3 is 2.31 bits per heavy atom. The molecule has 0 aliphatic carbocycles. The summed E-state index contributed by atoms with van der Waals surface area (Å²) in [4.78, 5) is 26.1. The van der Waals surface area contributed by atoms with Crippen LogP contribution in [0.1, 0.15) is 27.2 Å². The molecule has 35 heavy (non-hydrogen) atoms. The van der Waals surface area contributed by atoms with Crippen molar-refractivity contribution in [2.24, 2.45) is 0 Å². The maximum absolute atomic E-state index is 12.4. The fraction of sp³-hybridized carbons (Fsp3) is 0.259. The summed E-state index contributed by atoms with van der Waals surface area (Å²) in [6, 6.07) is 15.8. The van der Waals surface area contributed by atoms with Crippen molar-refractivity contribution >= 4 is 11.6 Å². The Hall–Kier alpha value is -4.06. The summed E-state index contributed by atoms with van der Waals surface area (Å²) in [5.74, 6) is 5.90. The molecule has 1 saturated heterocycles. The van der Waals surface area contributed by atoms with Crippen LogP contribution in [0.25, 0.3) is 0 Å². The molecule has 0 unspecified atom stereocenters. The van der Waals surface area contributed by atoms with Gasteiger partial charge >= 0.3 is 0 Å². The van der Waals surface area contributed by atoms with Crippen LogP contribution in [0.3, 0.4) is 0 Å². The molecule has 0 atom stereocenters. The van der Waals surface area contributed by atoms with Crippen molar-refractivity contribution in [3.8, 4) is 17.6 Å². The third kappa shape index (κ3) is 6.96. The molecule has 2 aromatic carbocycles. The van der Waals surface area contributed by atoms with Crippen LogP contribution in [0.5, 0.6) is 5.75 Å². The molecule has 1 aromatic heterocycles. The van der Waals surface area contributed by atoms with E-state index in [1.54, 1.807) is 12.1 Å². The van der Waals surface area contributed by atoms with Crippen molar-refractivity contribution in [2.45, 2.75) is 6.54 Å². The van der Waals surface area contributed by atoms with Crippen LogP contribution in [0.15, 0.2) is 70.1 Å². The predicted octanol–water partition coefficient (Wildman–Crippen LogP) is 2.42. The second-order valence-electron chi connectivity index (χ2n) is 8.02. The topological polar surface area (TPSA) is 104 Å². The fourth-order valence-electron chi connectivity index (χ4n) is 3.53. The molecular weight excluding hydrogens is 446 g/mol. The van der Waals surface area contributed by atoms with Crippen LogP contribution in [0, 0.1) is 11.8 Å². The molecular formula is C27H27N3O5. The van der Waals surface area contributed by atoms with Crippen LogP contribution in [0.2, 0.25) is 0 Å². The predicted molar refractivity (Wildman–Crippen MR) is 132 cm³/mol. The summed E-state index contributed by atoms with van der Waals surface area (Å²) in [7, 11) is 0. The molecule has 2 heterocycles. The van der Waals surface area contributed by atoms with Crippen LogP contribution >= 0.6 is 0 Å². The number of hydrogen-bond donors (Lipinski definition) is 3. The minimum Gasteiger partial charge on any atom is -0.502 e. The highest BCUT2D eigenvalue weighted by Crippen LogP contribution is 2.15. The van der Waals surface area contributed by atoms with E-state index >= 15 is 0 Å². The van der Waals surface area contributed by atoms with Gasteiger partial charge in [-0.25, -0.2) is 0 Å². The number of nitrogens with one attached hydrogen (secondary N) is 2. The Kier molecular flexibility index (Phi) is 8.17. The van der Waals surface area contributed by atoms with Crippen LogP contribution in [-0.2, 0) is 11.3 Å². The molecule has 3 aromatic rings. The van der Waals surface area contributed by atoms with E-state index < -0.39 is 5.43 Å². The first-order valence-corrected chi connectivity index (χ1v) is 11.4. The lowest BCUT2D eigenvalue weighted by atomic mass is 10.1. The van der Waals surface area contributed by atoms with E-state index in [1.807, 2.05) is 36.4 Å². The summed E-state index contributed by atoms with van der Waals surface area (Å²) in [5, 5.41) is 15.8. The van der Waals surface area contributed by atoms with E-state index in [1.165, 1.54) is 12.3 Å². The normalized spacial score (nSPS) is 13.5. The number of ether oxygens (including phenoxy) is 1. The number of carbonyl (C=O) groups is 1. The van der Waals surface area contributed by atoms with Crippen LogP contribution < -0.4 is 16.1 Å². The van der Waals surface area contributed by atoms with E-state index in [0.717, 1.165) is 49.7 Å². The smallest absolute Gasteiger partial charge is 0.251 e. The molecule has 0 bridgehead atoms. The van der Waals surface area contributed by atoms with Crippen molar-refractivity contribution in [3.05, 3.63) is 93.5 Å². The number of amides is 1. The second-order valence-corrected chi connectivity index (χ2v) is 8.02. The van der Waals surface area contributed by atoms with E-state index in [9.17, 15) is 14.7 Å². The Morgan fingerprint density at radius 2 is 1.63 bits per heavy atom. The highest BCUT2D eigenvalue weighted by atomic mass is 16.5. The molecule has 1 aliphatic rings. The molecule has 1 aliphatic heterocycles.